The number of aromatic nitrogens is 2. The van der Waals surface area contributed by atoms with Gasteiger partial charge in [-0.05, 0) is 31.0 Å². The Bertz CT molecular complexity index is 970. The molecule has 4 rings (SSSR count). The summed E-state index contributed by atoms with van der Waals surface area (Å²) in [6, 6.07) is 11.8. The molecule has 2 N–H and O–H groups in total. The first kappa shape index (κ1) is 15.4. The van der Waals surface area contributed by atoms with E-state index >= 15 is 0 Å². The number of benzene rings is 1. The number of para-hydroxylation sites is 1. The van der Waals surface area contributed by atoms with Crippen LogP contribution in [0.2, 0.25) is 0 Å². The quantitative estimate of drug-likeness (QED) is 0.551. The number of hydrogen-bond donors (Lipinski definition) is 1. The van der Waals surface area contributed by atoms with Crippen LogP contribution in [0.3, 0.4) is 0 Å². The number of unbranched alkanes of at least 4 members (excludes halogenated alkanes) is 1. The van der Waals surface area contributed by atoms with Gasteiger partial charge >= 0.3 is 0 Å². The molecule has 0 unspecified atom stereocenters. The first-order valence-electron chi connectivity index (χ1n) is 8.44. The highest BCUT2D eigenvalue weighted by Gasteiger charge is 2.19. The molecule has 0 aliphatic carbocycles. The Morgan fingerprint density at radius 3 is 2.68 bits per heavy atom. The molecule has 0 fully saturated rings. The van der Waals surface area contributed by atoms with Crippen molar-refractivity contribution in [3.8, 4) is 22.7 Å². The summed E-state index contributed by atoms with van der Waals surface area (Å²) in [7, 11) is 0. The van der Waals surface area contributed by atoms with Crippen LogP contribution in [0, 0.1) is 0 Å². The second kappa shape index (κ2) is 6.43. The molecule has 5 nitrogen and oxygen atoms in total. The van der Waals surface area contributed by atoms with E-state index in [0.717, 1.165) is 52.7 Å². The van der Waals surface area contributed by atoms with Crippen molar-refractivity contribution in [2.75, 3.05) is 5.73 Å². The van der Waals surface area contributed by atoms with E-state index in [0.29, 0.717) is 5.76 Å². The predicted octanol–water partition coefficient (Wildman–Crippen LogP) is 5.07. The van der Waals surface area contributed by atoms with E-state index < -0.39 is 0 Å². The van der Waals surface area contributed by atoms with Crippen LogP contribution in [0.4, 0.5) is 5.95 Å². The van der Waals surface area contributed by atoms with Crippen LogP contribution in [0.15, 0.2) is 57.8 Å². The van der Waals surface area contributed by atoms with Crippen LogP contribution in [-0.2, 0) is 6.42 Å². The van der Waals surface area contributed by atoms with Gasteiger partial charge in [0.05, 0.1) is 18.2 Å². The van der Waals surface area contributed by atoms with Gasteiger partial charge in [-0.15, -0.1) is 0 Å². The van der Waals surface area contributed by atoms with Crippen LogP contribution in [0.1, 0.15) is 25.3 Å². The number of rotatable bonds is 5. The summed E-state index contributed by atoms with van der Waals surface area (Å²) >= 11 is 0. The van der Waals surface area contributed by atoms with Gasteiger partial charge in [0.15, 0.2) is 5.76 Å². The van der Waals surface area contributed by atoms with Gasteiger partial charge in [-0.3, -0.25) is 0 Å². The maximum Gasteiger partial charge on any atom is 0.221 e. The summed E-state index contributed by atoms with van der Waals surface area (Å²) < 4.78 is 11.3. The molecule has 0 radical (unpaired) electrons. The number of nitrogens with two attached hydrogens (primary N) is 1. The van der Waals surface area contributed by atoms with Crippen molar-refractivity contribution in [3.63, 3.8) is 0 Å². The standard InChI is InChI=1S/C20H19N3O2/c1-2-3-7-15-18(14-9-10-24-12-14)22-20(21)23-19(15)17-11-13-6-4-5-8-16(13)25-17/h4-6,8-12H,2-3,7H2,1H3,(H2,21,22,23). The second-order valence-corrected chi connectivity index (χ2v) is 6.02. The van der Waals surface area contributed by atoms with Gasteiger partial charge in [-0.2, -0.15) is 0 Å². The molecule has 4 aromatic rings. The Balaban J connectivity index is 1.93. The van der Waals surface area contributed by atoms with Crippen molar-refractivity contribution in [3.05, 3.63) is 54.5 Å². The molecular formula is C20H19N3O2. The van der Waals surface area contributed by atoms with Crippen LogP contribution in [0.5, 0.6) is 0 Å². The molecule has 0 aliphatic heterocycles. The maximum absolute atomic E-state index is 6.03. The minimum atomic E-state index is 0.229. The third kappa shape index (κ3) is 2.89. The minimum Gasteiger partial charge on any atom is -0.472 e. The van der Waals surface area contributed by atoms with Crippen molar-refractivity contribution in [2.24, 2.45) is 0 Å². The molecule has 0 aliphatic rings. The molecule has 0 bridgehead atoms. The molecular weight excluding hydrogens is 314 g/mol. The molecule has 0 saturated carbocycles. The lowest BCUT2D eigenvalue weighted by Crippen LogP contribution is -2.04. The molecule has 5 heteroatoms. The summed E-state index contributed by atoms with van der Waals surface area (Å²) in [5, 5.41) is 1.04. The van der Waals surface area contributed by atoms with E-state index in [1.807, 2.05) is 36.4 Å². The van der Waals surface area contributed by atoms with E-state index in [-0.39, 0.29) is 5.95 Å². The zero-order chi connectivity index (χ0) is 17.2. The zero-order valence-corrected chi connectivity index (χ0v) is 14.0. The SMILES string of the molecule is CCCCc1c(-c2ccoc2)nc(N)nc1-c1cc2ccccc2o1. The molecule has 25 heavy (non-hydrogen) atoms. The highest BCUT2D eigenvalue weighted by atomic mass is 16.3. The van der Waals surface area contributed by atoms with E-state index in [1.54, 1.807) is 12.5 Å². The molecule has 0 amide bonds. The average Bonchev–Trinajstić information content (AvgIpc) is 3.29. The van der Waals surface area contributed by atoms with Crippen molar-refractivity contribution >= 4 is 16.9 Å². The molecule has 126 valence electrons. The first-order valence-corrected chi connectivity index (χ1v) is 8.44. The van der Waals surface area contributed by atoms with Crippen molar-refractivity contribution in [2.45, 2.75) is 26.2 Å². The summed E-state index contributed by atoms with van der Waals surface area (Å²) in [6.07, 6.45) is 6.28. The predicted molar refractivity (Wildman–Crippen MR) is 98.0 cm³/mol. The number of hydrogen-bond acceptors (Lipinski definition) is 5. The van der Waals surface area contributed by atoms with E-state index in [2.05, 4.69) is 16.9 Å². The van der Waals surface area contributed by atoms with Gasteiger partial charge < -0.3 is 14.6 Å². The van der Waals surface area contributed by atoms with Crippen molar-refractivity contribution < 1.29 is 8.83 Å². The van der Waals surface area contributed by atoms with Crippen molar-refractivity contribution in [1.82, 2.24) is 9.97 Å². The van der Waals surface area contributed by atoms with Crippen LogP contribution in [-0.4, -0.2) is 9.97 Å². The highest BCUT2D eigenvalue weighted by molar-refractivity contribution is 5.84. The normalized spacial score (nSPS) is 11.2. The Morgan fingerprint density at radius 2 is 1.92 bits per heavy atom. The number of furan rings is 2. The van der Waals surface area contributed by atoms with E-state index in [1.165, 1.54) is 0 Å². The monoisotopic (exact) mass is 333 g/mol. The fraction of sp³-hybridized carbons (Fsp3) is 0.200. The third-order valence-corrected chi connectivity index (χ3v) is 4.26. The van der Waals surface area contributed by atoms with E-state index in [4.69, 9.17) is 14.6 Å². The Labute approximate surface area is 145 Å². The van der Waals surface area contributed by atoms with Gasteiger partial charge in [-0.25, -0.2) is 9.97 Å². The van der Waals surface area contributed by atoms with Crippen molar-refractivity contribution in [1.29, 1.82) is 0 Å². The fourth-order valence-corrected chi connectivity index (χ4v) is 3.03. The molecule has 0 atom stereocenters. The first-order chi connectivity index (χ1) is 12.3. The van der Waals surface area contributed by atoms with Gasteiger partial charge in [0.25, 0.3) is 0 Å². The number of nitrogens with zero attached hydrogens (tertiary/aromatic N) is 2. The summed E-state index contributed by atoms with van der Waals surface area (Å²) in [6.45, 7) is 2.16. The average molecular weight is 333 g/mol. The largest absolute Gasteiger partial charge is 0.472 e. The lowest BCUT2D eigenvalue weighted by molar-refractivity contribution is 0.568. The Kier molecular flexibility index (Phi) is 3.98. The molecule has 0 spiro atoms. The van der Waals surface area contributed by atoms with Crippen LogP contribution >= 0.6 is 0 Å². The van der Waals surface area contributed by atoms with Gasteiger partial charge in [0.1, 0.15) is 11.3 Å². The number of nitrogen functional groups attached to an aromatic ring is 1. The Hall–Kier alpha value is -3.08. The van der Waals surface area contributed by atoms with Crippen LogP contribution in [0.25, 0.3) is 33.7 Å². The third-order valence-electron chi connectivity index (χ3n) is 4.26. The Morgan fingerprint density at radius 1 is 1.08 bits per heavy atom. The fourth-order valence-electron chi connectivity index (χ4n) is 3.03. The highest BCUT2D eigenvalue weighted by Crippen LogP contribution is 2.34. The van der Waals surface area contributed by atoms with Gasteiger partial charge in [-0.1, -0.05) is 31.5 Å². The number of fused-ring (bicyclic) bond motifs is 1. The topological polar surface area (TPSA) is 78.1 Å². The summed E-state index contributed by atoms with van der Waals surface area (Å²) in [5.41, 5.74) is 10.3. The van der Waals surface area contributed by atoms with Gasteiger partial charge in [0.2, 0.25) is 5.95 Å². The zero-order valence-electron chi connectivity index (χ0n) is 14.0. The molecule has 1 aromatic carbocycles. The molecule has 0 saturated heterocycles. The molecule has 3 heterocycles. The molecule has 3 aromatic heterocycles. The summed E-state index contributed by atoms with van der Waals surface area (Å²) in [4.78, 5) is 8.98. The maximum atomic E-state index is 6.03. The van der Waals surface area contributed by atoms with E-state index in [9.17, 15) is 0 Å². The lowest BCUT2D eigenvalue weighted by Gasteiger charge is -2.12. The smallest absolute Gasteiger partial charge is 0.221 e. The second-order valence-electron chi connectivity index (χ2n) is 6.02. The van der Waals surface area contributed by atoms with Gasteiger partial charge in [0, 0.05) is 16.5 Å². The number of anilines is 1. The minimum absolute atomic E-state index is 0.229. The lowest BCUT2D eigenvalue weighted by atomic mass is 10.00. The van der Waals surface area contributed by atoms with Crippen LogP contribution < -0.4 is 5.73 Å². The summed E-state index contributed by atoms with van der Waals surface area (Å²) in [5.74, 6) is 0.943.